The van der Waals surface area contributed by atoms with Gasteiger partial charge >= 0.3 is 0 Å². The molecule has 114 valence electrons. The average molecular weight is 276 g/mol. The van der Waals surface area contributed by atoms with E-state index in [0.717, 1.165) is 13.1 Å². The van der Waals surface area contributed by atoms with Crippen molar-refractivity contribution in [3.8, 4) is 0 Å². The van der Waals surface area contributed by atoms with Gasteiger partial charge in [-0.2, -0.15) is 0 Å². The molecule has 0 amide bonds. The van der Waals surface area contributed by atoms with E-state index >= 15 is 0 Å². The third kappa shape index (κ3) is 6.42. The number of para-hydroxylation sites is 1. The Bertz CT molecular complexity index is 360. The molecule has 1 rings (SSSR count). The fraction of sp³-hybridized carbons (Fsp3) is 0.667. The number of nitrogens with zero attached hydrogens (tertiary/aromatic N) is 1. The first-order valence-electron chi connectivity index (χ1n) is 8.19. The summed E-state index contributed by atoms with van der Waals surface area (Å²) in [6.45, 7) is 12.3. The van der Waals surface area contributed by atoms with Crippen LogP contribution in [-0.4, -0.2) is 25.7 Å². The van der Waals surface area contributed by atoms with Crippen molar-refractivity contribution >= 4 is 5.69 Å². The molecule has 0 atom stereocenters. The third-order valence-electron chi connectivity index (χ3n) is 3.75. The largest absolute Gasteiger partial charge is 0.372 e. The van der Waals surface area contributed by atoms with Crippen LogP contribution in [0.15, 0.2) is 24.3 Å². The number of aryl methyl sites for hydroxylation is 1. The summed E-state index contributed by atoms with van der Waals surface area (Å²) < 4.78 is 0. The molecule has 0 radical (unpaired) electrons. The zero-order chi connectivity index (χ0) is 14.8. The summed E-state index contributed by atoms with van der Waals surface area (Å²) in [5.41, 5.74) is 2.78. The molecule has 0 saturated heterocycles. The SMILES string of the molecule is CCN(CCCCCCNC(C)C)c1ccccc1C. The standard InChI is InChI=1S/C18H32N2/c1-5-20(18-13-9-8-12-17(18)4)15-11-7-6-10-14-19-16(2)3/h8-9,12-13,16,19H,5-7,10-11,14-15H2,1-4H3. The number of hydrogen-bond donors (Lipinski definition) is 1. The highest BCUT2D eigenvalue weighted by atomic mass is 15.1. The molecule has 0 aromatic heterocycles. The van der Waals surface area contributed by atoms with Crippen LogP contribution in [0.4, 0.5) is 5.69 Å². The second kappa shape index (κ2) is 9.82. The molecule has 2 heteroatoms. The van der Waals surface area contributed by atoms with E-state index in [4.69, 9.17) is 0 Å². The number of nitrogens with one attached hydrogen (secondary N) is 1. The quantitative estimate of drug-likeness (QED) is 0.638. The summed E-state index contributed by atoms with van der Waals surface area (Å²) in [6, 6.07) is 9.32. The van der Waals surface area contributed by atoms with E-state index in [1.165, 1.54) is 43.5 Å². The lowest BCUT2D eigenvalue weighted by Gasteiger charge is -2.25. The van der Waals surface area contributed by atoms with E-state index in [1.807, 2.05) is 0 Å². The van der Waals surface area contributed by atoms with Crippen LogP contribution in [0, 0.1) is 6.92 Å². The van der Waals surface area contributed by atoms with E-state index in [2.05, 4.69) is 62.2 Å². The molecule has 0 saturated carbocycles. The molecule has 0 bridgehead atoms. The molecule has 0 aliphatic rings. The van der Waals surface area contributed by atoms with Crippen molar-refractivity contribution in [1.82, 2.24) is 5.32 Å². The molecule has 2 nitrogen and oxygen atoms in total. The fourth-order valence-corrected chi connectivity index (χ4v) is 2.54. The second-order valence-electron chi connectivity index (χ2n) is 5.89. The molecule has 1 aromatic carbocycles. The highest BCUT2D eigenvalue weighted by Gasteiger charge is 2.05. The Morgan fingerprint density at radius 1 is 1.05 bits per heavy atom. The summed E-state index contributed by atoms with van der Waals surface area (Å²) in [4.78, 5) is 2.50. The maximum atomic E-state index is 3.48. The minimum absolute atomic E-state index is 0.617. The summed E-state index contributed by atoms with van der Waals surface area (Å²) in [5, 5.41) is 3.48. The van der Waals surface area contributed by atoms with Crippen LogP contribution < -0.4 is 10.2 Å². The predicted molar refractivity (Wildman–Crippen MR) is 90.7 cm³/mol. The van der Waals surface area contributed by atoms with Gasteiger partial charge < -0.3 is 10.2 Å². The normalized spacial score (nSPS) is 11.1. The van der Waals surface area contributed by atoms with Crippen LogP contribution in [0.25, 0.3) is 0 Å². The van der Waals surface area contributed by atoms with Crippen molar-refractivity contribution in [3.05, 3.63) is 29.8 Å². The van der Waals surface area contributed by atoms with Crippen LogP contribution in [0.3, 0.4) is 0 Å². The first-order chi connectivity index (χ1) is 9.65. The van der Waals surface area contributed by atoms with Crippen LogP contribution in [0.5, 0.6) is 0 Å². The minimum atomic E-state index is 0.617. The van der Waals surface area contributed by atoms with Crippen LogP contribution in [0.2, 0.25) is 0 Å². The van der Waals surface area contributed by atoms with Gasteiger partial charge in [0.2, 0.25) is 0 Å². The smallest absolute Gasteiger partial charge is 0.0395 e. The van der Waals surface area contributed by atoms with Crippen molar-refractivity contribution in [2.45, 2.75) is 59.4 Å². The van der Waals surface area contributed by atoms with E-state index in [9.17, 15) is 0 Å². The number of anilines is 1. The predicted octanol–water partition coefficient (Wildman–Crippen LogP) is 4.38. The Labute approximate surface area is 125 Å². The molecule has 0 aliphatic carbocycles. The van der Waals surface area contributed by atoms with Crippen molar-refractivity contribution in [1.29, 1.82) is 0 Å². The lowest BCUT2D eigenvalue weighted by atomic mass is 10.1. The van der Waals surface area contributed by atoms with Gasteiger partial charge in [0.15, 0.2) is 0 Å². The first kappa shape index (κ1) is 17.0. The van der Waals surface area contributed by atoms with Gasteiger partial charge in [-0.1, -0.05) is 44.9 Å². The Kier molecular flexibility index (Phi) is 8.36. The number of rotatable bonds is 10. The Morgan fingerprint density at radius 3 is 2.40 bits per heavy atom. The lowest BCUT2D eigenvalue weighted by molar-refractivity contribution is 0.540. The zero-order valence-corrected chi connectivity index (χ0v) is 13.8. The first-order valence-corrected chi connectivity index (χ1v) is 8.19. The second-order valence-corrected chi connectivity index (χ2v) is 5.89. The Hall–Kier alpha value is -1.02. The maximum Gasteiger partial charge on any atom is 0.0395 e. The molecule has 0 aliphatic heterocycles. The summed E-state index contributed by atoms with van der Waals surface area (Å²) in [5.74, 6) is 0. The molecule has 0 fully saturated rings. The van der Waals surface area contributed by atoms with Crippen molar-refractivity contribution < 1.29 is 0 Å². The highest BCUT2D eigenvalue weighted by Crippen LogP contribution is 2.19. The Balaban J connectivity index is 2.21. The summed E-state index contributed by atoms with van der Waals surface area (Å²) >= 11 is 0. The van der Waals surface area contributed by atoms with Gasteiger partial charge in [-0.25, -0.2) is 0 Å². The Morgan fingerprint density at radius 2 is 1.75 bits per heavy atom. The lowest BCUT2D eigenvalue weighted by Crippen LogP contribution is -2.25. The number of benzene rings is 1. The van der Waals surface area contributed by atoms with Crippen LogP contribution in [0.1, 0.15) is 52.0 Å². The third-order valence-corrected chi connectivity index (χ3v) is 3.75. The van der Waals surface area contributed by atoms with Crippen molar-refractivity contribution in [2.24, 2.45) is 0 Å². The molecular formula is C18H32N2. The zero-order valence-electron chi connectivity index (χ0n) is 13.8. The van der Waals surface area contributed by atoms with E-state index in [0.29, 0.717) is 6.04 Å². The molecule has 20 heavy (non-hydrogen) atoms. The maximum absolute atomic E-state index is 3.48. The topological polar surface area (TPSA) is 15.3 Å². The van der Waals surface area contributed by atoms with Gasteiger partial charge in [-0.3, -0.25) is 0 Å². The van der Waals surface area contributed by atoms with Gasteiger partial charge in [0.05, 0.1) is 0 Å². The molecule has 1 aromatic rings. The van der Waals surface area contributed by atoms with E-state index < -0.39 is 0 Å². The average Bonchev–Trinajstić information content (AvgIpc) is 2.43. The van der Waals surface area contributed by atoms with Crippen LogP contribution >= 0.6 is 0 Å². The minimum Gasteiger partial charge on any atom is -0.372 e. The van der Waals surface area contributed by atoms with Gasteiger partial charge in [-0.15, -0.1) is 0 Å². The number of unbranched alkanes of at least 4 members (excludes halogenated alkanes) is 3. The van der Waals surface area contributed by atoms with Crippen molar-refractivity contribution in [3.63, 3.8) is 0 Å². The molecule has 0 spiro atoms. The van der Waals surface area contributed by atoms with E-state index in [1.54, 1.807) is 0 Å². The van der Waals surface area contributed by atoms with E-state index in [-0.39, 0.29) is 0 Å². The molecule has 0 unspecified atom stereocenters. The van der Waals surface area contributed by atoms with Crippen LogP contribution in [-0.2, 0) is 0 Å². The summed E-state index contributed by atoms with van der Waals surface area (Å²) in [7, 11) is 0. The van der Waals surface area contributed by atoms with Gasteiger partial charge in [0, 0.05) is 24.8 Å². The summed E-state index contributed by atoms with van der Waals surface area (Å²) in [6.07, 6.45) is 5.27. The highest BCUT2D eigenvalue weighted by molar-refractivity contribution is 5.52. The fourth-order valence-electron chi connectivity index (χ4n) is 2.54. The molecule has 0 heterocycles. The van der Waals surface area contributed by atoms with Gasteiger partial charge in [-0.05, 0) is 44.9 Å². The monoisotopic (exact) mass is 276 g/mol. The molecule has 1 N–H and O–H groups in total. The van der Waals surface area contributed by atoms with Gasteiger partial charge in [0.25, 0.3) is 0 Å². The number of hydrogen-bond acceptors (Lipinski definition) is 2. The van der Waals surface area contributed by atoms with Gasteiger partial charge in [0.1, 0.15) is 0 Å². The van der Waals surface area contributed by atoms with Crippen molar-refractivity contribution in [2.75, 3.05) is 24.5 Å². The molecular weight excluding hydrogens is 244 g/mol.